The van der Waals surface area contributed by atoms with Gasteiger partial charge >= 0.3 is 0 Å². The second-order valence-electron chi connectivity index (χ2n) is 4.63. The van der Waals surface area contributed by atoms with Gasteiger partial charge in [-0.2, -0.15) is 10.2 Å². The maximum absolute atomic E-state index is 8.73. The predicted octanol–water partition coefficient (Wildman–Crippen LogP) is 0.909. The lowest BCUT2D eigenvalue weighted by Gasteiger charge is -2.37. The summed E-state index contributed by atoms with van der Waals surface area (Å²) in [5, 5.41) is 8.73. The highest BCUT2D eigenvalue weighted by atomic mass is 16.5. The highest BCUT2D eigenvalue weighted by Crippen LogP contribution is 2.16. The van der Waals surface area contributed by atoms with E-state index in [0.29, 0.717) is 24.3 Å². The maximum Gasteiger partial charge on any atom is 0.228 e. The smallest absolute Gasteiger partial charge is 0.228 e. The molecule has 0 N–H and O–H groups in total. The average Bonchev–Trinajstić information content (AvgIpc) is 2.48. The van der Waals surface area contributed by atoms with Gasteiger partial charge in [-0.05, 0) is 6.92 Å². The molecule has 0 saturated carbocycles. The van der Waals surface area contributed by atoms with Crippen molar-refractivity contribution in [3.05, 3.63) is 12.3 Å². The van der Waals surface area contributed by atoms with Crippen LogP contribution in [-0.2, 0) is 0 Å². The Balaban J connectivity index is 1.94. The first-order valence-corrected chi connectivity index (χ1v) is 6.47. The molecule has 2 heterocycles. The summed E-state index contributed by atoms with van der Waals surface area (Å²) in [4.78, 5) is 13.1. The van der Waals surface area contributed by atoms with Crippen molar-refractivity contribution in [1.29, 1.82) is 5.26 Å². The van der Waals surface area contributed by atoms with E-state index in [2.05, 4.69) is 32.8 Å². The van der Waals surface area contributed by atoms with E-state index >= 15 is 0 Å². The predicted molar refractivity (Wildman–Crippen MR) is 72.1 cm³/mol. The third-order valence-corrected chi connectivity index (χ3v) is 3.43. The molecule has 0 spiro atoms. The topological polar surface area (TPSA) is 65.3 Å². The molecule has 1 fully saturated rings. The van der Waals surface area contributed by atoms with Gasteiger partial charge in [-0.3, -0.25) is 4.90 Å². The van der Waals surface area contributed by atoms with Crippen molar-refractivity contribution >= 4 is 5.95 Å². The summed E-state index contributed by atoms with van der Waals surface area (Å²) in [7, 11) is 1.60. The molecular weight excluding hydrogens is 242 g/mol. The lowest BCUT2D eigenvalue weighted by atomic mass is 10.2. The van der Waals surface area contributed by atoms with Crippen LogP contribution >= 0.6 is 0 Å². The Bertz CT molecular complexity index is 451. The molecule has 1 aromatic rings. The molecule has 0 aromatic carbocycles. The lowest BCUT2D eigenvalue weighted by molar-refractivity contribution is 0.198. The molecule has 2 rings (SSSR count). The minimum atomic E-state index is 0.318. The maximum atomic E-state index is 8.73. The number of nitrogens with zero attached hydrogens (tertiary/aromatic N) is 5. The van der Waals surface area contributed by atoms with Crippen LogP contribution in [0, 0.1) is 11.3 Å². The number of methoxy groups -OCH3 is 1. The summed E-state index contributed by atoms with van der Waals surface area (Å²) in [6.07, 6.45) is 2.29. The van der Waals surface area contributed by atoms with Gasteiger partial charge < -0.3 is 9.64 Å². The monoisotopic (exact) mass is 261 g/mol. The van der Waals surface area contributed by atoms with E-state index in [9.17, 15) is 0 Å². The fraction of sp³-hybridized carbons (Fsp3) is 0.615. The summed E-state index contributed by atoms with van der Waals surface area (Å²) >= 11 is 0. The van der Waals surface area contributed by atoms with E-state index in [0.717, 1.165) is 26.2 Å². The first-order valence-electron chi connectivity index (χ1n) is 6.47. The molecule has 6 nitrogen and oxygen atoms in total. The highest BCUT2D eigenvalue weighted by molar-refractivity contribution is 5.32. The zero-order valence-corrected chi connectivity index (χ0v) is 11.4. The van der Waals surface area contributed by atoms with Crippen LogP contribution in [0.1, 0.15) is 13.3 Å². The highest BCUT2D eigenvalue weighted by Gasteiger charge is 2.22. The van der Waals surface area contributed by atoms with E-state index in [1.54, 1.807) is 19.4 Å². The fourth-order valence-corrected chi connectivity index (χ4v) is 2.22. The number of aromatic nitrogens is 2. The molecular formula is C13H19N5O. The lowest BCUT2D eigenvalue weighted by Crippen LogP contribution is -2.50. The van der Waals surface area contributed by atoms with Gasteiger partial charge in [-0.15, -0.1) is 0 Å². The summed E-state index contributed by atoms with van der Waals surface area (Å²) in [6.45, 7) is 5.72. The average molecular weight is 261 g/mol. The number of ether oxygens (including phenoxy) is 1. The minimum Gasteiger partial charge on any atom is -0.481 e. The molecule has 1 aliphatic rings. The van der Waals surface area contributed by atoms with Crippen LogP contribution < -0.4 is 9.64 Å². The van der Waals surface area contributed by atoms with Gasteiger partial charge in [0.15, 0.2) is 0 Å². The second-order valence-corrected chi connectivity index (χ2v) is 4.63. The van der Waals surface area contributed by atoms with Crippen LogP contribution in [0.3, 0.4) is 0 Å². The van der Waals surface area contributed by atoms with E-state index in [1.807, 2.05) is 0 Å². The van der Waals surface area contributed by atoms with Gasteiger partial charge in [0.2, 0.25) is 11.8 Å². The van der Waals surface area contributed by atoms with Crippen LogP contribution in [0.5, 0.6) is 5.88 Å². The number of rotatable bonds is 4. The summed E-state index contributed by atoms with van der Waals surface area (Å²) < 4.78 is 5.11. The number of nitriles is 1. The van der Waals surface area contributed by atoms with Gasteiger partial charge in [0.05, 0.1) is 19.6 Å². The minimum absolute atomic E-state index is 0.318. The van der Waals surface area contributed by atoms with Gasteiger partial charge in [0.25, 0.3) is 0 Å². The SMILES string of the molecule is COc1ccnc(N2CCN([C@@H](C)CC#N)CC2)n1. The number of hydrogen-bond donors (Lipinski definition) is 0. The zero-order chi connectivity index (χ0) is 13.7. The van der Waals surface area contributed by atoms with Gasteiger partial charge in [-0.1, -0.05) is 0 Å². The molecule has 0 amide bonds. The van der Waals surface area contributed by atoms with Crippen molar-refractivity contribution in [2.75, 3.05) is 38.2 Å². The Kier molecular flexibility index (Phi) is 4.53. The number of anilines is 1. The van der Waals surface area contributed by atoms with Crippen LogP contribution in [0.2, 0.25) is 0 Å². The Morgan fingerprint density at radius 1 is 1.42 bits per heavy atom. The van der Waals surface area contributed by atoms with E-state index in [4.69, 9.17) is 10.00 Å². The molecule has 0 radical (unpaired) electrons. The molecule has 6 heteroatoms. The normalized spacial score (nSPS) is 17.8. The van der Waals surface area contributed by atoms with Gasteiger partial charge in [-0.25, -0.2) is 4.98 Å². The van der Waals surface area contributed by atoms with Crippen LogP contribution in [0.4, 0.5) is 5.95 Å². The Morgan fingerprint density at radius 3 is 2.79 bits per heavy atom. The number of piperazine rings is 1. The Morgan fingerprint density at radius 2 is 2.16 bits per heavy atom. The number of hydrogen-bond acceptors (Lipinski definition) is 6. The van der Waals surface area contributed by atoms with E-state index in [1.165, 1.54) is 0 Å². The third-order valence-electron chi connectivity index (χ3n) is 3.43. The summed E-state index contributed by atoms with van der Waals surface area (Å²) in [5.74, 6) is 1.30. The van der Waals surface area contributed by atoms with Crippen molar-refractivity contribution in [1.82, 2.24) is 14.9 Å². The van der Waals surface area contributed by atoms with E-state index < -0.39 is 0 Å². The van der Waals surface area contributed by atoms with Gasteiger partial charge in [0.1, 0.15) is 0 Å². The standard InChI is InChI=1S/C13H19N5O/c1-11(3-5-14)17-7-9-18(10-8-17)13-15-6-4-12(16-13)19-2/h4,6,11H,3,7-10H2,1-2H3/t11-/m0/s1. The molecule has 19 heavy (non-hydrogen) atoms. The molecule has 1 atom stereocenters. The molecule has 1 aliphatic heterocycles. The van der Waals surface area contributed by atoms with Gasteiger partial charge in [0, 0.05) is 44.5 Å². The molecule has 102 valence electrons. The third kappa shape index (κ3) is 3.32. The quantitative estimate of drug-likeness (QED) is 0.802. The second kappa shape index (κ2) is 6.34. The van der Waals surface area contributed by atoms with Crippen molar-refractivity contribution in [3.63, 3.8) is 0 Å². The summed E-state index contributed by atoms with van der Waals surface area (Å²) in [6, 6.07) is 4.29. The van der Waals surface area contributed by atoms with Crippen molar-refractivity contribution in [2.24, 2.45) is 0 Å². The van der Waals surface area contributed by atoms with E-state index in [-0.39, 0.29) is 0 Å². The van der Waals surface area contributed by atoms with Crippen LogP contribution in [0.15, 0.2) is 12.3 Å². The Labute approximate surface area is 113 Å². The fourth-order valence-electron chi connectivity index (χ4n) is 2.22. The Hall–Kier alpha value is -1.87. The molecule has 0 unspecified atom stereocenters. The molecule has 0 bridgehead atoms. The largest absolute Gasteiger partial charge is 0.481 e. The van der Waals surface area contributed by atoms with Crippen LogP contribution in [-0.4, -0.2) is 54.2 Å². The van der Waals surface area contributed by atoms with Crippen LogP contribution in [0.25, 0.3) is 0 Å². The molecule has 1 saturated heterocycles. The first-order chi connectivity index (χ1) is 9.24. The van der Waals surface area contributed by atoms with Crippen molar-refractivity contribution in [3.8, 4) is 11.9 Å². The summed E-state index contributed by atoms with van der Waals surface area (Å²) in [5.41, 5.74) is 0. The molecule has 1 aromatic heterocycles. The molecule has 0 aliphatic carbocycles. The van der Waals surface area contributed by atoms with Crippen molar-refractivity contribution < 1.29 is 4.74 Å². The van der Waals surface area contributed by atoms with Crippen molar-refractivity contribution in [2.45, 2.75) is 19.4 Å². The first kappa shape index (κ1) is 13.6. The zero-order valence-electron chi connectivity index (χ0n) is 11.4.